The predicted octanol–water partition coefficient (Wildman–Crippen LogP) is 3.91. The third-order valence-corrected chi connectivity index (χ3v) is 6.11. The molecule has 1 amide bonds. The summed E-state index contributed by atoms with van der Waals surface area (Å²) in [5.41, 5.74) is 1.21. The number of carbonyl (C=O) groups is 1. The number of nitriles is 1. The number of halogens is 1. The van der Waals surface area contributed by atoms with Gasteiger partial charge in [0.05, 0.1) is 23.9 Å². The van der Waals surface area contributed by atoms with Gasteiger partial charge in [-0.1, -0.05) is 66.4 Å². The van der Waals surface area contributed by atoms with Crippen molar-refractivity contribution < 1.29 is 9.18 Å². The Morgan fingerprint density at radius 3 is 2.67 bits per heavy atom. The molecular weight excluding hydrogens is 439 g/mol. The smallest absolute Gasteiger partial charge is 0.237 e. The molecule has 0 saturated heterocycles. The normalized spacial score (nSPS) is 10.8. The molecule has 3 aromatic carbocycles. The maximum atomic E-state index is 14.2. The molecule has 1 aromatic heterocycles. The second-order valence-electron chi connectivity index (χ2n) is 7.28. The number of nitrogens with zero attached hydrogens (tertiary/aromatic N) is 5. The molecule has 0 radical (unpaired) electrons. The predicted molar refractivity (Wildman–Crippen MR) is 127 cm³/mol. The Morgan fingerprint density at radius 1 is 1.09 bits per heavy atom. The van der Waals surface area contributed by atoms with E-state index in [4.69, 9.17) is 11.1 Å². The lowest BCUT2D eigenvalue weighted by Crippen LogP contribution is -2.34. The fourth-order valence-electron chi connectivity index (χ4n) is 3.56. The number of benzene rings is 3. The van der Waals surface area contributed by atoms with Crippen LogP contribution in [0.1, 0.15) is 17.8 Å². The quantitative estimate of drug-likeness (QED) is 0.316. The van der Waals surface area contributed by atoms with Gasteiger partial charge in [-0.25, -0.2) is 9.07 Å². The molecule has 0 unspecified atom stereocenters. The number of nitrogens with two attached hydrogens (primary N) is 1. The van der Waals surface area contributed by atoms with Crippen molar-refractivity contribution >= 4 is 34.1 Å². The highest BCUT2D eigenvalue weighted by molar-refractivity contribution is 7.99. The van der Waals surface area contributed by atoms with Crippen molar-refractivity contribution in [2.24, 2.45) is 0 Å². The van der Waals surface area contributed by atoms with Crippen LogP contribution in [-0.4, -0.2) is 33.1 Å². The summed E-state index contributed by atoms with van der Waals surface area (Å²) in [6.07, 6.45) is 0.579. The van der Waals surface area contributed by atoms with Crippen molar-refractivity contribution in [3.8, 4) is 6.07 Å². The second-order valence-corrected chi connectivity index (χ2v) is 8.22. The molecule has 4 aromatic rings. The molecule has 9 heteroatoms. The van der Waals surface area contributed by atoms with Gasteiger partial charge in [0.2, 0.25) is 11.1 Å². The van der Waals surface area contributed by atoms with E-state index in [2.05, 4.69) is 16.3 Å². The fourth-order valence-corrected chi connectivity index (χ4v) is 4.31. The van der Waals surface area contributed by atoms with E-state index in [-0.39, 0.29) is 30.3 Å². The number of amides is 1. The molecule has 0 atom stereocenters. The lowest BCUT2D eigenvalue weighted by Gasteiger charge is -2.22. The summed E-state index contributed by atoms with van der Waals surface area (Å²) >= 11 is 1.12. The summed E-state index contributed by atoms with van der Waals surface area (Å²) < 4.78 is 15.6. The van der Waals surface area contributed by atoms with Crippen molar-refractivity contribution in [3.05, 3.63) is 83.9 Å². The molecule has 2 N–H and O–H groups in total. The zero-order chi connectivity index (χ0) is 23.2. The van der Waals surface area contributed by atoms with Gasteiger partial charge >= 0.3 is 0 Å². The maximum Gasteiger partial charge on any atom is 0.237 e. The minimum Gasteiger partial charge on any atom is -0.336 e. The Hall–Kier alpha value is -3.90. The van der Waals surface area contributed by atoms with E-state index in [1.807, 2.05) is 42.5 Å². The molecule has 0 fully saturated rings. The summed E-state index contributed by atoms with van der Waals surface area (Å²) in [5.74, 6) is 5.89. The topological polar surface area (TPSA) is 101 Å². The van der Waals surface area contributed by atoms with Crippen LogP contribution in [0.3, 0.4) is 0 Å². The van der Waals surface area contributed by atoms with Crippen LogP contribution in [0.25, 0.3) is 10.8 Å². The van der Waals surface area contributed by atoms with Crippen LogP contribution >= 0.6 is 11.8 Å². The molecule has 166 valence electrons. The van der Waals surface area contributed by atoms with Gasteiger partial charge in [0.25, 0.3) is 0 Å². The molecule has 4 rings (SSSR count). The van der Waals surface area contributed by atoms with Crippen molar-refractivity contribution in [2.75, 3.05) is 23.0 Å². The summed E-state index contributed by atoms with van der Waals surface area (Å²) in [7, 11) is 0. The van der Waals surface area contributed by atoms with Crippen LogP contribution in [-0.2, 0) is 11.2 Å². The van der Waals surface area contributed by atoms with Crippen LogP contribution in [0.4, 0.5) is 10.1 Å². The number of rotatable bonds is 8. The molecule has 0 aliphatic carbocycles. The Balaban J connectivity index is 1.48. The minimum atomic E-state index is -0.520. The van der Waals surface area contributed by atoms with Gasteiger partial charge in [-0.15, -0.1) is 10.2 Å². The first-order valence-corrected chi connectivity index (χ1v) is 11.3. The summed E-state index contributed by atoms with van der Waals surface area (Å²) in [6.45, 7) is 0.0957. The van der Waals surface area contributed by atoms with Gasteiger partial charge in [-0.05, 0) is 28.5 Å². The zero-order valence-electron chi connectivity index (χ0n) is 17.7. The number of aromatic nitrogens is 3. The van der Waals surface area contributed by atoms with Crippen molar-refractivity contribution in [2.45, 2.75) is 18.0 Å². The summed E-state index contributed by atoms with van der Waals surface area (Å²) in [4.78, 5) is 14.1. The van der Waals surface area contributed by atoms with Gasteiger partial charge in [-0.2, -0.15) is 5.26 Å². The largest absolute Gasteiger partial charge is 0.336 e. The van der Waals surface area contributed by atoms with E-state index in [0.717, 1.165) is 28.1 Å². The third-order valence-electron chi connectivity index (χ3n) is 5.18. The molecule has 0 spiro atoms. The van der Waals surface area contributed by atoms with Crippen molar-refractivity contribution in [3.63, 3.8) is 0 Å². The third kappa shape index (κ3) is 4.96. The highest BCUT2D eigenvalue weighted by atomic mass is 32.2. The number of thioether (sulfide) groups is 1. The number of fused-ring (bicyclic) bond motifs is 1. The van der Waals surface area contributed by atoms with Gasteiger partial charge in [0.1, 0.15) is 5.82 Å². The lowest BCUT2D eigenvalue weighted by molar-refractivity contribution is -0.116. The molecule has 7 nitrogen and oxygen atoms in total. The Kier molecular flexibility index (Phi) is 6.86. The molecule has 1 heterocycles. The number of hydrogen-bond acceptors (Lipinski definition) is 6. The fraction of sp³-hybridized carbons (Fsp3) is 0.167. The number of anilines is 1. The first-order chi connectivity index (χ1) is 16.1. The maximum absolute atomic E-state index is 14.2. The number of nitrogen functional groups attached to an aromatic ring is 1. The van der Waals surface area contributed by atoms with Crippen LogP contribution in [0.15, 0.2) is 71.9 Å². The summed E-state index contributed by atoms with van der Waals surface area (Å²) in [5, 5.41) is 19.9. The van der Waals surface area contributed by atoms with E-state index in [0.29, 0.717) is 17.4 Å². The highest BCUT2D eigenvalue weighted by Crippen LogP contribution is 2.24. The van der Waals surface area contributed by atoms with Gasteiger partial charge in [0.15, 0.2) is 5.82 Å². The first kappa shape index (κ1) is 22.3. The molecule has 0 aliphatic rings. The Labute approximate surface area is 194 Å². The van der Waals surface area contributed by atoms with Crippen molar-refractivity contribution in [1.82, 2.24) is 14.9 Å². The van der Waals surface area contributed by atoms with Crippen LogP contribution < -0.4 is 10.7 Å². The minimum absolute atomic E-state index is 0.0244. The molecular formula is C24H21FN6OS. The standard InChI is InChI=1S/C24H21FN6OS/c25-20-11-3-4-12-21(20)30(14-6-13-26)23(32)16-33-24-29-28-22(31(24)27)15-18-9-5-8-17-7-1-2-10-19(17)18/h1-5,7-12H,6,14-16,27H2. The Morgan fingerprint density at radius 2 is 1.85 bits per heavy atom. The number of carbonyl (C=O) groups excluding carboxylic acids is 1. The van der Waals surface area contributed by atoms with Gasteiger partial charge in [-0.3, -0.25) is 4.79 Å². The first-order valence-electron chi connectivity index (χ1n) is 10.3. The second kappa shape index (κ2) is 10.1. The van der Waals surface area contributed by atoms with Crippen LogP contribution in [0, 0.1) is 17.1 Å². The van der Waals surface area contributed by atoms with Crippen LogP contribution in [0.2, 0.25) is 0 Å². The Bertz CT molecular complexity index is 1330. The molecule has 0 saturated carbocycles. The monoisotopic (exact) mass is 460 g/mol. The molecule has 0 aliphatic heterocycles. The van der Waals surface area contributed by atoms with E-state index >= 15 is 0 Å². The lowest BCUT2D eigenvalue weighted by atomic mass is 10.0. The van der Waals surface area contributed by atoms with Gasteiger partial charge < -0.3 is 10.7 Å². The zero-order valence-corrected chi connectivity index (χ0v) is 18.5. The highest BCUT2D eigenvalue weighted by Gasteiger charge is 2.20. The van der Waals surface area contributed by atoms with E-state index in [1.54, 1.807) is 12.1 Å². The average molecular weight is 461 g/mol. The number of hydrogen-bond donors (Lipinski definition) is 1. The van der Waals surface area contributed by atoms with E-state index in [9.17, 15) is 9.18 Å². The van der Waals surface area contributed by atoms with E-state index in [1.165, 1.54) is 21.7 Å². The van der Waals surface area contributed by atoms with Crippen molar-refractivity contribution in [1.29, 1.82) is 5.26 Å². The number of para-hydroxylation sites is 1. The van der Waals surface area contributed by atoms with Crippen LogP contribution in [0.5, 0.6) is 0 Å². The van der Waals surface area contributed by atoms with Gasteiger partial charge in [0, 0.05) is 13.0 Å². The molecule has 0 bridgehead atoms. The summed E-state index contributed by atoms with van der Waals surface area (Å²) in [6, 6.07) is 22.1. The SMILES string of the molecule is N#CCCN(C(=O)CSc1nnc(Cc2cccc3ccccc23)n1N)c1ccccc1F. The van der Waals surface area contributed by atoms with E-state index < -0.39 is 5.82 Å². The average Bonchev–Trinajstić information content (AvgIpc) is 3.18. The molecule has 33 heavy (non-hydrogen) atoms.